The molecule has 2 N–H and O–H groups in total. The summed E-state index contributed by atoms with van der Waals surface area (Å²) in [7, 11) is 0. The molecule has 0 radical (unpaired) electrons. The molecule has 4 aromatic rings. The Bertz CT molecular complexity index is 1530. The molecule has 1 aliphatic rings. The molecule has 188 valence electrons. The molecule has 10 nitrogen and oxygen atoms in total. The maximum absolute atomic E-state index is 13.1. The number of pyridine rings is 1. The summed E-state index contributed by atoms with van der Waals surface area (Å²) in [4.78, 5) is 36.0. The van der Waals surface area contributed by atoms with Crippen molar-refractivity contribution in [3.63, 3.8) is 0 Å². The van der Waals surface area contributed by atoms with Gasteiger partial charge in [0.05, 0.1) is 40.4 Å². The Morgan fingerprint density at radius 2 is 2.03 bits per heavy atom. The molecule has 1 aliphatic heterocycles. The molecule has 5 rings (SSSR count). The van der Waals surface area contributed by atoms with E-state index < -0.39 is 0 Å². The predicted octanol–water partition coefficient (Wildman–Crippen LogP) is 3.56. The van der Waals surface area contributed by atoms with Gasteiger partial charge < -0.3 is 15.5 Å². The van der Waals surface area contributed by atoms with Crippen molar-refractivity contribution in [2.24, 2.45) is 0 Å². The average Bonchev–Trinajstić information content (AvgIpc) is 3.62. The molecule has 4 aromatic heterocycles. The quantitative estimate of drug-likeness (QED) is 0.403. The number of thiazole rings is 1. The summed E-state index contributed by atoms with van der Waals surface area (Å²) in [6, 6.07) is 9.82. The van der Waals surface area contributed by atoms with Crippen LogP contribution in [0.4, 0.5) is 5.69 Å². The molecule has 5 heterocycles. The molecule has 1 unspecified atom stereocenters. The molecule has 0 spiro atoms. The Morgan fingerprint density at radius 1 is 1.19 bits per heavy atom. The van der Waals surface area contributed by atoms with Crippen molar-refractivity contribution in [3.8, 4) is 28.0 Å². The smallest absolute Gasteiger partial charge is 0.265 e. The van der Waals surface area contributed by atoms with Gasteiger partial charge in [-0.1, -0.05) is 0 Å². The number of anilines is 1. The van der Waals surface area contributed by atoms with E-state index in [1.54, 1.807) is 27.9 Å². The highest BCUT2D eigenvalue weighted by Crippen LogP contribution is 2.35. The van der Waals surface area contributed by atoms with Crippen molar-refractivity contribution in [2.75, 3.05) is 18.4 Å². The predicted molar refractivity (Wildman–Crippen MR) is 141 cm³/mol. The van der Waals surface area contributed by atoms with Crippen molar-refractivity contribution in [1.29, 1.82) is 5.26 Å². The summed E-state index contributed by atoms with van der Waals surface area (Å²) in [5.74, 6) is -0.168. The normalized spacial score (nSPS) is 15.2. The molecule has 0 saturated carbocycles. The van der Waals surface area contributed by atoms with Gasteiger partial charge in [-0.05, 0) is 44.5 Å². The van der Waals surface area contributed by atoms with Crippen LogP contribution < -0.4 is 10.6 Å². The van der Waals surface area contributed by atoms with E-state index in [1.807, 2.05) is 18.2 Å². The van der Waals surface area contributed by atoms with E-state index in [4.69, 9.17) is 10.2 Å². The second-order valence-corrected chi connectivity index (χ2v) is 10.3. The van der Waals surface area contributed by atoms with E-state index in [0.29, 0.717) is 28.5 Å². The lowest BCUT2D eigenvalue weighted by Gasteiger charge is -2.16. The van der Waals surface area contributed by atoms with Crippen molar-refractivity contribution in [2.45, 2.75) is 39.3 Å². The minimum atomic E-state index is -0.0867. The summed E-state index contributed by atoms with van der Waals surface area (Å²) >= 11 is 1.33. The Morgan fingerprint density at radius 3 is 2.78 bits per heavy atom. The monoisotopic (exact) mass is 514 g/mol. The van der Waals surface area contributed by atoms with Crippen LogP contribution in [0.25, 0.3) is 27.5 Å². The molecule has 37 heavy (non-hydrogen) atoms. The first kappa shape index (κ1) is 24.4. The van der Waals surface area contributed by atoms with Crippen LogP contribution in [0.5, 0.6) is 0 Å². The Hall–Kier alpha value is -4.30. The number of carbonyl (C=O) groups excluding carboxylic acids is 2. The van der Waals surface area contributed by atoms with Crippen LogP contribution in [-0.4, -0.2) is 61.5 Å². The van der Waals surface area contributed by atoms with E-state index >= 15 is 0 Å². The Labute approximate surface area is 218 Å². The number of nitriles is 1. The van der Waals surface area contributed by atoms with Gasteiger partial charge in [-0.3, -0.25) is 14.6 Å². The first-order chi connectivity index (χ1) is 17.8. The molecular formula is C26H26N8O2S. The van der Waals surface area contributed by atoms with Gasteiger partial charge in [0.2, 0.25) is 5.91 Å². The van der Waals surface area contributed by atoms with E-state index in [-0.39, 0.29) is 23.9 Å². The second-order valence-electron chi connectivity index (χ2n) is 9.29. The van der Waals surface area contributed by atoms with Gasteiger partial charge in [0.15, 0.2) is 0 Å². The number of nitrogens with one attached hydrogen (secondary N) is 2. The van der Waals surface area contributed by atoms with Crippen LogP contribution in [0.3, 0.4) is 0 Å². The molecule has 0 aromatic carbocycles. The van der Waals surface area contributed by atoms with Gasteiger partial charge in [0, 0.05) is 44.0 Å². The molecular weight excluding hydrogens is 488 g/mol. The lowest BCUT2D eigenvalue weighted by molar-refractivity contribution is -0.119. The van der Waals surface area contributed by atoms with Gasteiger partial charge in [0.25, 0.3) is 5.91 Å². The maximum Gasteiger partial charge on any atom is 0.265 e. The zero-order chi connectivity index (χ0) is 26.1. The summed E-state index contributed by atoms with van der Waals surface area (Å²) < 4.78 is 1.76. The van der Waals surface area contributed by atoms with Crippen LogP contribution in [0, 0.1) is 11.3 Å². The number of hydrogen-bond donors (Lipinski definition) is 2. The average molecular weight is 515 g/mol. The van der Waals surface area contributed by atoms with Gasteiger partial charge in [0.1, 0.15) is 16.0 Å². The van der Waals surface area contributed by atoms with Crippen molar-refractivity contribution < 1.29 is 9.59 Å². The molecule has 0 aliphatic carbocycles. The molecule has 1 atom stereocenters. The zero-order valence-corrected chi connectivity index (χ0v) is 21.5. The minimum Gasteiger partial charge on any atom is -0.382 e. The molecule has 1 fully saturated rings. The summed E-state index contributed by atoms with van der Waals surface area (Å²) in [6.45, 7) is 6.69. The lowest BCUT2D eigenvalue weighted by atomic mass is 10.1. The van der Waals surface area contributed by atoms with Gasteiger partial charge in [-0.25, -0.2) is 9.50 Å². The highest BCUT2D eigenvalue weighted by Gasteiger charge is 2.29. The molecule has 11 heteroatoms. The fraction of sp³-hybridized carbons (Fsp3) is 0.308. The zero-order valence-electron chi connectivity index (χ0n) is 20.7. The summed E-state index contributed by atoms with van der Waals surface area (Å²) in [6.07, 6.45) is 5.65. The van der Waals surface area contributed by atoms with E-state index in [2.05, 4.69) is 40.6 Å². The molecule has 2 amide bonds. The number of nitrogens with zero attached hydrogens (tertiary/aromatic N) is 6. The fourth-order valence-electron chi connectivity index (χ4n) is 4.45. The second kappa shape index (κ2) is 9.99. The van der Waals surface area contributed by atoms with Crippen LogP contribution in [0.2, 0.25) is 0 Å². The summed E-state index contributed by atoms with van der Waals surface area (Å²) in [5.41, 5.74) is 4.48. The van der Waals surface area contributed by atoms with Crippen molar-refractivity contribution >= 4 is 34.4 Å². The number of rotatable bonds is 6. The van der Waals surface area contributed by atoms with Gasteiger partial charge >= 0.3 is 0 Å². The third kappa shape index (κ3) is 5.01. The van der Waals surface area contributed by atoms with Crippen molar-refractivity contribution in [3.05, 3.63) is 53.3 Å². The number of hydrogen-bond acceptors (Lipinski definition) is 8. The highest BCUT2D eigenvalue weighted by molar-refractivity contribution is 7.17. The fourth-order valence-corrected chi connectivity index (χ4v) is 5.36. The van der Waals surface area contributed by atoms with Crippen molar-refractivity contribution in [1.82, 2.24) is 29.8 Å². The van der Waals surface area contributed by atoms with Crippen LogP contribution >= 0.6 is 11.3 Å². The Balaban J connectivity index is 1.44. The Kier molecular flexibility index (Phi) is 6.58. The molecule has 1 saturated heterocycles. The standard InChI is InChI=1S/C26H26N8O2S/c1-15(2)31-21-9-22(23-5-4-19-8-17(10-27)11-30-34(19)23)28-12-20(21)25-29-13-24(37-25)26(36)33-7-6-18(14-33)32-16(3)35/h4-5,8-9,11-13,15,18H,6-7,14H2,1-3H3,(H,28,31)(H,32,35). The third-order valence-electron chi connectivity index (χ3n) is 6.07. The van der Waals surface area contributed by atoms with Crippen LogP contribution in [0.15, 0.2) is 42.9 Å². The van der Waals surface area contributed by atoms with Gasteiger partial charge in [-0.2, -0.15) is 10.4 Å². The van der Waals surface area contributed by atoms with E-state index in [1.165, 1.54) is 24.5 Å². The SMILES string of the molecule is CC(=O)NC1CCN(C(=O)c2cnc(-c3cnc(-c4ccc5cc(C#N)cnn45)cc3NC(C)C)s2)C1. The third-order valence-corrected chi connectivity index (χ3v) is 7.09. The first-order valence-electron chi connectivity index (χ1n) is 12.0. The molecule has 0 bridgehead atoms. The maximum atomic E-state index is 13.1. The van der Waals surface area contributed by atoms with Crippen LogP contribution in [0.1, 0.15) is 42.4 Å². The van der Waals surface area contributed by atoms with Crippen LogP contribution in [-0.2, 0) is 4.79 Å². The number of amides is 2. The lowest BCUT2D eigenvalue weighted by Crippen LogP contribution is -2.37. The minimum absolute atomic E-state index is 0.0152. The largest absolute Gasteiger partial charge is 0.382 e. The number of aromatic nitrogens is 4. The van der Waals surface area contributed by atoms with Gasteiger partial charge in [-0.15, -0.1) is 11.3 Å². The number of fused-ring (bicyclic) bond motifs is 1. The van der Waals surface area contributed by atoms with E-state index in [9.17, 15) is 9.59 Å². The van der Waals surface area contributed by atoms with E-state index in [0.717, 1.165) is 34.6 Å². The summed E-state index contributed by atoms with van der Waals surface area (Å²) in [5, 5.41) is 20.6. The topological polar surface area (TPSA) is 128 Å². The first-order valence-corrected chi connectivity index (χ1v) is 12.8. The number of likely N-dealkylation sites (tertiary alicyclic amines) is 1. The highest BCUT2D eigenvalue weighted by atomic mass is 32.1. The number of carbonyl (C=O) groups is 2.